The third kappa shape index (κ3) is 3.87. The summed E-state index contributed by atoms with van der Waals surface area (Å²) < 4.78 is 0. The Labute approximate surface area is 272 Å². The number of hydrogen-bond acceptors (Lipinski definition) is 4. The van der Waals surface area contributed by atoms with Gasteiger partial charge in [0.15, 0.2) is 5.96 Å². The minimum atomic E-state index is -1.38. The van der Waals surface area contributed by atoms with Gasteiger partial charge in [-0.1, -0.05) is 61.0 Å². The van der Waals surface area contributed by atoms with E-state index in [9.17, 15) is 15.3 Å². The van der Waals surface area contributed by atoms with Crippen molar-refractivity contribution < 1.29 is 15.3 Å². The van der Waals surface area contributed by atoms with Gasteiger partial charge in [-0.25, -0.2) is 0 Å². The lowest BCUT2D eigenvalue weighted by atomic mass is 9.41. The molecule has 0 amide bonds. The molecule has 2 spiro atoms. The molecule has 0 aliphatic heterocycles. The van der Waals surface area contributed by atoms with Gasteiger partial charge in [-0.15, -0.1) is 0 Å². The zero-order valence-electron chi connectivity index (χ0n) is 27.1. The number of H-pyrrole nitrogens is 1. The van der Waals surface area contributed by atoms with Crippen molar-refractivity contribution in [3.8, 4) is 11.8 Å². The maximum Gasteiger partial charge on any atom is 0.189 e. The maximum atomic E-state index is 13.0. The largest absolute Gasteiger partial charge is 0.390 e. The molecule has 7 nitrogen and oxygen atoms in total. The van der Waals surface area contributed by atoms with E-state index in [0.717, 1.165) is 44.9 Å². The van der Waals surface area contributed by atoms with Gasteiger partial charge in [0, 0.05) is 42.4 Å². The summed E-state index contributed by atoms with van der Waals surface area (Å²) >= 11 is 0. The number of aromatic nitrogens is 1. The molecule has 1 aromatic carbocycles. The predicted octanol–water partition coefficient (Wildman–Crippen LogP) is 4.81. The molecule has 244 valence electrons. The van der Waals surface area contributed by atoms with Crippen molar-refractivity contribution in [2.45, 2.75) is 107 Å². The van der Waals surface area contributed by atoms with Crippen LogP contribution in [0, 0.1) is 58.2 Å². The third-order valence-electron chi connectivity index (χ3n) is 14.7. The number of para-hydroxylation sites is 1. The number of rotatable bonds is 3. The molecule has 7 N–H and O–H groups in total. The molecule has 2 aromatic rings. The van der Waals surface area contributed by atoms with Crippen LogP contribution in [-0.2, 0) is 6.42 Å². The molecule has 1 aromatic heterocycles. The first-order chi connectivity index (χ1) is 22.2. The minimum absolute atomic E-state index is 0.109. The summed E-state index contributed by atoms with van der Waals surface area (Å²) in [4.78, 5) is 7.95. The van der Waals surface area contributed by atoms with E-state index in [1.165, 1.54) is 47.9 Å². The summed E-state index contributed by atoms with van der Waals surface area (Å²) in [7, 11) is 1.66. The summed E-state index contributed by atoms with van der Waals surface area (Å²) in [5.41, 5.74) is 7.74. The van der Waals surface area contributed by atoms with Crippen molar-refractivity contribution >= 4 is 16.9 Å². The molecule has 7 heteroatoms. The van der Waals surface area contributed by atoms with Gasteiger partial charge in [0.1, 0.15) is 0 Å². The van der Waals surface area contributed by atoms with Crippen LogP contribution in [0.2, 0.25) is 0 Å². The van der Waals surface area contributed by atoms with Gasteiger partial charge in [0.25, 0.3) is 0 Å². The highest BCUT2D eigenvalue weighted by atomic mass is 16.3. The van der Waals surface area contributed by atoms with E-state index in [-0.39, 0.29) is 46.8 Å². The number of hydrogen-bond donors (Lipinski definition) is 6. The van der Waals surface area contributed by atoms with E-state index in [0.29, 0.717) is 18.3 Å². The van der Waals surface area contributed by atoms with Gasteiger partial charge in [-0.05, 0) is 104 Å². The molecule has 7 aliphatic carbocycles. The van der Waals surface area contributed by atoms with E-state index in [1.54, 1.807) is 7.05 Å². The van der Waals surface area contributed by atoms with Crippen LogP contribution >= 0.6 is 0 Å². The van der Waals surface area contributed by atoms with E-state index >= 15 is 0 Å². The van der Waals surface area contributed by atoms with Crippen LogP contribution in [0.1, 0.15) is 82.7 Å². The fraction of sp³-hybridized carbons (Fsp3) is 0.667. The summed E-state index contributed by atoms with van der Waals surface area (Å²) in [6.07, 6.45) is 14.1. The number of benzene rings is 1. The fourth-order valence-corrected chi connectivity index (χ4v) is 13.2. The Kier molecular flexibility index (Phi) is 6.45. The van der Waals surface area contributed by atoms with Crippen molar-refractivity contribution in [3.63, 3.8) is 0 Å². The zero-order valence-corrected chi connectivity index (χ0v) is 27.1. The van der Waals surface area contributed by atoms with Gasteiger partial charge < -0.3 is 31.4 Å². The van der Waals surface area contributed by atoms with Crippen LogP contribution in [-0.4, -0.2) is 56.7 Å². The summed E-state index contributed by atoms with van der Waals surface area (Å²) in [5, 5.41) is 42.3. The lowest BCUT2D eigenvalue weighted by molar-refractivity contribution is -0.150. The quantitative estimate of drug-likeness (QED) is 0.127. The highest BCUT2D eigenvalue weighted by Crippen LogP contribution is 2.75. The van der Waals surface area contributed by atoms with Crippen molar-refractivity contribution in [1.82, 2.24) is 10.3 Å². The topological polar surface area (TPSA) is 127 Å². The Hall–Kier alpha value is -2.79. The molecule has 5 fully saturated rings. The number of aliphatic hydroxyl groups excluding tert-OH is 1. The molecular weight excluding hydrogens is 572 g/mol. The summed E-state index contributed by atoms with van der Waals surface area (Å²) in [5.74, 6) is 8.25. The van der Waals surface area contributed by atoms with Crippen LogP contribution < -0.4 is 11.1 Å². The first-order valence-electron chi connectivity index (χ1n) is 18.1. The maximum absolute atomic E-state index is 13.0. The summed E-state index contributed by atoms with van der Waals surface area (Å²) in [6.45, 7) is 0. The summed E-state index contributed by atoms with van der Waals surface area (Å²) in [6, 6.07) is 10.4. The average molecular weight is 623 g/mol. The lowest BCUT2D eigenvalue weighted by Gasteiger charge is -2.63. The van der Waals surface area contributed by atoms with Crippen molar-refractivity contribution in [2.24, 2.45) is 57.1 Å². The monoisotopic (exact) mass is 622 g/mol. The van der Waals surface area contributed by atoms with Gasteiger partial charge in [0.2, 0.25) is 0 Å². The smallest absolute Gasteiger partial charge is 0.189 e. The van der Waals surface area contributed by atoms with E-state index in [2.05, 4.69) is 63.5 Å². The molecule has 9 rings (SSSR count). The molecule has 5 saturated carbocycles. The van der Waals surface area contributed by atoms with Gasteiger partial charge >= 0.3 is 0 Å². The Balaban J connectivity index is 1.31. The Morgan fingerprint density at radius 1 is 0.978 bits per heavy atom. The van der Waals surface area contributed by atoms with Gasteiger partial charge in [-0.2, -0.15) is 0 Å². The number of guanidine groups is 1. The first kappa shape index (κ1) is 29.4. The standard InChI is InChI=1S/C39H50N4O3/c1-41-35(40)43-26-11-10-24-20-36(14-4-5-15-36)21-25(18-27-17-23-7-2-3-9-32(23)42-27)39(24)29-8-6-16-37(45)28(29)12-13-30(39)34-31(37)19-33(44)38(34,46)22-26/h2-3,7,9,17,21,24,26,28-31,33-34,42,44-46H,4-6,8,12-16,18-20,22H2,1H3,(H3,40,41,43). The third-order valence-corrected chi connectivity index (χ3v) is 14.7. The van der Waals surface area contributed by atoms with Crippen molar-refractivity contribution in [3.05, 3.63) is 47.7 Å². The minimum Gasteiger partial charge on any atom is -0.390 e. The second-order valence-electron chi connectivity index (χ2n) is 16.4. The molecule has 11 atom stereocenters. The Bertz CT molecular complexity index is 1650. The number of aliphatic imine (C=N–C) groups is 1. The first-order valence-corrected chi connectivity index (χ1v) is 18.1. The van der Waals surface area contributed by atoms with Crippen LogP contribution in [0.3, 0.4) is 0 Å². The van der Waals surface area contributed by atoms with Crippen LogP contribution in [0.15, 0.2) is 47.0 Å². The van der Waals surface area contributed by atoms with Crippen molar-refractivity contribution in [2.75, 3.05) is 7.05 Å². The molecule has 7 aliphatic rings. The van der Waals surface area contributed by atoms with Gasteiger partial charge in [0.05, 0.1) is 23.3 Å². The Morgan fingerprint density at radius 3 is 2.59 bits per heavy atom. The second kappa shape index (κ2) is 10.1. The number of nitrogens with one attached hydrogen (secondary N) is 2. The molecular formula is C39H50N4O3. The number of nitrogens with two attached hydrogens (primary N) is 1. The highest BCUT2D eigenvalue weighted by Gasteiger charge is 2.75. The zero-order chi connectivity index (χ0) is 31.5. The number of aromatic amines is 1. The van der Waals surface area contributed by atoms with Crippen LogP contribution in [0.4, 0.5) is 0 Å². The van der Waals surface area contributed by atoms with E-state index in [1.807, 2.05) is 0 Å². The normalized spacial score (nSPS) is 45.2. The highest BCUT2D eigenvalue weighted by molar-refractivity contribution is 5.80. The number of nitrogens with zero attached hydrogens (tertiary/aromatic N) is 1. The van der Waals surface area contributed by atoms with Crippen molar-refractivity contribution in [1.29, 1.82) is 0 Å². The fourth-order valence-electron chi connectivity index (χ4n) is 13.2. The average Bonchev–Trinajstić information content (AvgIpc) is 3.71. The van der Waals surface area contributed by atoms with E-state index < -0.39 is 23.3 Å². The molecule has 0 saturated heterocycles. The molecule has 0 radical (unpaired) electrons. The SMILES string of the molecule is CN=C(N)NC1C#CC2CC3(C=C(Cc4cc5ccccc5[nH]4)C24C2CCCC5(O)C6CC(O)C(O)(C1)C6C4CCC25)CCCC3. The Morgan fingerprint density at radius 2 is 1.78 bits per heavy atom. The lowest BCUT2D eigenvalue weighted by Crippen LogP contribution is -2.60. The number of allylic oxidation sites excluding steroid dienone is 2. The number of fused-ring (bicyclic) bond motifs is 2. The predicted molar refractivity (Wildman–Crippen MR) is 179 cm³/mol. The molecule has 46 heavy (non-hydrogen) atoms. The molecule has 11 unspecified atom stereocenters. The van der Waals surface area contributed by atoms with Gasteiger partial charge in [-0.3, -0.25) is 4.99 Å². The second-order valence-corrected chi connectivity index (χ2v) is 16.4. The molecule has 1 heterocycles. The molecule has 6 bridgehead atoms. The number of aliphatic hydroxyl groups is 3. The van der Waals surface area contributed by atoms with Crippen LogP contribution in [0.25, 0.3) is 10.9 Å². The van der Waals surface area contributed by atoms with E-state index in [4.69, 9.17) is 5.73 Å². The van der Waals surface area contributed by atoms with Crippen LogP contribution in [0.5, 0.6) is 0 Å².